The molecular formula is C18H33N7O7S2. The molecule has 4 atom stereocenters. The van der Waals surface area contributed by atoms with Crippen molar-refractivity contribution in [2.45, 2.75) is 49.9 Å². The second-order valence-electron chi connectivity index (χ2n) is 7.14. The normalized spacial score (nSPS) is 14.1. The van der Waals surface area contributed by atoms with Gasteiger partial charge in [0, 0.05) is 12.3 Å². The molecule has 11 N–H and O–H groups in total. The van der Waals surface area contributed by atoms with Crippen molar-refractivity contribution in [2.75, 3.05) is 24.3 Å². The van der Waals surface area contributed by atoms with Gasteiger partial charge in [0.15, 0.2) is 5.96 Å². The fraction of sp³-hybridized carbons (Fsp3) is 0.667. The van der Waals surface area contributed by atoms with E-state index in [1.807, 2.05) is 0 Å². The number of rotatable bonds is 17. The molecule has 34 heavy (non-hydrogen) atoms. The van der Waals surface area contributed by atoms with Gasteiger partial charge in [-0.3, -0.25) is 24.2 Å². The molecule has 0 bridgehead atoms. The number of thiol groups is 1. The summed E-state index contributed by atoms with van der Waals surface area (Å²) < 4.78 is 0. The molecule has 0 aromatic carbocycles. The average molecular weight is 524 g/mol. The zero-order valence-electron chi connectivity index (χ0n) is 18.7. The SMILES string of the molecule is CSCCC(NC(=O)C(N)CC(=O)O)C(=O)NC(CS)C(=O)NC(CCCN=C(N)N)C(=O)O. The molecule has 4 unspecified atom stereocenters. The number of carbonyl (C=O) groups excluding carboxylic acids is 3. The highest BCUT2D eigenvalue weighted by molar-refractivity contribution is 7.98. The number of nitrogens with two attached hydrogens (primary N) is 3. The van der Waals surface area contributed by atoms with Crippen molar-refractivity contribution in [1.82, 2.24) is 16.0 Å². The van der Waals surface area contributed by atoms with E-state index in [0.29, 0.717) is 5.75 Å². The maximum atomic E-state index is 12.7. The molecule has 0 heterocycles. The van der Waals surface area contributed by atoms with Crippen LogP contribution in [0.15, 0.2) is 4.99 Å². The van der Waals surface area contributed by atoms with Gasteiger partial charge >= 0.3 is 11.9 Å². The summed E-state index contributed by atoms with van der Waals surface area (Å²) in [6, 6.07) is -4.90. The van der Waals surface area contributed by atoms with Crippen molar-refractivity contribution in [3.63, 3.8) is 0 Å². The van der Waals surface area contributed by atoms with Crippen LogP contribution in [-0.4, -0.2) is 94.3 Å². The molecule has 0 aliphatic carbocycles. The number of aliphatic carboxylic acids is 2. The number of thioether (sulfide) groups is 1. The van der Waals surface area contributed by atoms with Crippen molar-refractivity contribution in [1.29, 1.82) is 0 Å². The molecule has 0 rings (SSSR count). The molecule has 0 saturated carbocycles. The van der Waals surface area contributed by atoms with E-state index in [1.54, 1.807) is 6.26 Å². The van der Waals surface area contributed by atoms with Gasteiger partial charge in [0.1, 0.15) is 18.1 Å². The van der Waals surface area contributed by atoms with Crippen LogP contribution >= 0.6 is 24.4 Å². The molecule has 0 radical (unpaired) electrons. The van der Waals surface area contributed by atoms with Gasteiger partial charge in [0.2, 0.25) is 17.7 Å². The fourth-order valence-corrected chi connectivity index (χ4v) is 3.29. The number of nitrogens with zero attached hydrogens (tertiary/aromatic N) is 1. The van der Waals surface area contributed by atoms with Crippen LogP contribution in [0.3, 0.4) is 0 Å². The minimum absolute atomic E-state index is 0.0406. The number of aliphatic imine (C=N–C) groups is 1. The molecule has 0 aliphatic rings. The van der Waals surface area contributed by atoms with Crippen molar-refractivity contribution in [3.05, 3.63) is 0 Å². The molecule has 0 fully saturated rings. The molecule has 0 aromatic heterocycles. The highest BCUT2D eigenvalue weighted by Gasteiger charge is 2.29. The number of hydrogen-bond acceptors (Lipinski definition) is 9. The topological polar surface area (TPSA) is 252 Å². The standard InChI is InChI=1S/C18H33N7O7S2/c1-34-6-4-10(23-14(28)9(19)7-13(26)27)15(29)25-12(8-33)16(30)24-11(17(31)32)3-2-5-22-18(20)21/h9-12,33H,2-8,19H2,1H3,(H,23,28)(H,24,30)(H,25,29)(H,26,27)(H,31,32)(H4,20,21,22). The lowest BCUT2D eigenvalue weighted by molar-refractivity contribution is -0.142. The lowest BCUT2D eigenvalue weighted by atomic mass is 10.1. The first-order valence-electron chi connectivity index (χ1n) is 10.2. The van der Waals surface area contributed by atoms with E-state index in [4.69, 9.17) is 22.3 Å². The summed E-state index contributed by atoms with van der Waals surface area (Å²) in [5.41, 5.74) is 16.0. The van der Waals surface area contributed by atoms with Gasteiger partial charge in [-0.25, -0.2) is 4.79 Å². The molecular weight excluding hydrogens is 490 g/mol. The van der Waals surface area contributed by atoms with E-state index >= 15 is 0 Å². The number of carboxylic acids is 2. The Morgan fingerprint density at radius 2 is 1.50 bits per heavy atom. The zero-order valence-corrected chi connectivity index (χ0v) is 20.4. The molecule has 194 valence electrons. The molecule has 0 saturated heterocycles. The Morgan fingerprint density at radius 1 is 0.941 bits per heavy atom. The number of guanidine groups is 1. The summed E-state index contributed by atoms with van der Waals surface area (Å²) in [7, 11) is 0. The number of hydrogen-bond donors (Lipinski definition) is 9. The van der Waals surface area contributed by atoms with E-state index in [1.165, 1.54) is 11.8 Å². The third-order valence-corrected chi connectivity index (χ3v) is 5.36. The second-order valence-corrected chi connectivity index (χ2v) is 8.49. The van der Waals surface area contributed by atoms with Crippen LogP contribution in [0.4, 0.5) is 0 Å². The predicted molar refractivity (Wildman–Crippen MR) is 130 cm³/mol. The van der Waals surface area contributed by atoms with Gasteiger partial charge in [-0.2, -0.15) is 24.4 Å². The molecule has 0 aromatic rings. The van der Waals surface area contributed by atoms with Crippen molar-refractivity contribution < 1.29 is 34.2 Å². The number of amides is 3. The fourth-order valence-electron chi connectivity index (χ4n) is 2.56. The maximum Gasteiger partial charge on any atom is 0.326 e. The zero-order chi connectivity index (χ0) is 26.3. The summed E-state index contributed by atoms with van der Waals surface area (Å²) in [4.78, 5) is 63.4. The lowest BCUT2D eigenvalue weighted by Crippen LogP contribution is -2.57. The third kappa shape index (κ3) is 13.1. The van der Waals surface area contributed by atoms with E-state index in [-0.39, 0.29) is 37.5 Å². The van der Waals surface area contributed by atoms with Crippen LogP contribution in [0.2, 0.25) is 0 Å². The van der Waals surface area contributed by atoms with E-state index in [0.717, 1.165) is 0 Å². The molecule has 14 nitrogen and oxygen atoms in total. The summed E-state index contributed by atoms with van der Waals surface area (Å²) >= 11 is 5.45. The highest BCUT2D eigenvalue weighted by atomic mass is 32.2. The van der Waals surface area contributed by atoms with Crippen molar-refractivity contribution >= 4 is 60.0 Å². The van der Waals surface area contributed by atoms with Gasteiger partial charge in [-0.1, -0.05) is 0 Å². The Balaban J connectivity index is 5.16. The van der Waals surface area contributed by atoms with Gasteiger partial charge in [-0.15, -0.1) is 0 Å². The average Bonchev–Trinajstić information content (AvgIpc) is 2.75. The van der Waals surface area contributed by atoms with Crippen LogP contribution in [0.1, 0.15) is 25.7 Å². The summed E-state index contributed by atoms with van der Waals surface area (Å²) in [5.74, 6) is -4.71. The van der Waals surface area contributed by atoms with Gasteiger partial charge in [-0.05, 0) is 31.3 Å². The Kier molecular flexibility index (Phi) is 15.5. The minimum Gasteiger partial charge on any atom is -0.481 e. The van der Waals surface area contributed by atoms with E-state index in [9.17, 15) is 29.1 Å². The second kappa shape index (κ2) is 16.8. The number of nitrogens with one attached hydrogen (secondary N) is 3. The van der Waals surface area contributed by atoms with Gasteiger partial charge < -0.3 is 43.4 Å². The summed E-state index contributed by atoms with van der Waals surface area (Å²) in [6.45, 7) is 0.176. The van der Waals surface area contributed by atoms with Gasteiger partial charge in [0.25, 0.3) is 0 Å². The first kappa shape index (κ1) is 31.3. The number of carbonyl (C=O) groups is 5. The lowest BCUT2D eigenvalue weighted by Gasteiger charge is -2.24. The van der Waals surface area contributed by atoms with Crippen molar-refractivity contribution in [2.24, 2.45) is 22.2 Å². The maximum absolute atomic E-state index is 12.7. The van der Waals surface area contributed by atoms with Crippen LogP contribution < -0.4 is 33.2 Å². The Morgan fingerprint density at radius 3 is 2.00 bits per heavy atom. The van der Waals surface area contributed by atoms with Crippen LogP contribution in [0, 0.1) is 0 Å². The Labute approximate surface area is 206 Å². The minimum atomic E-state index is -1.36. The molecule has 3 amide bonds. The smallest absolute Gasteiger partial charge is 0.326 e. The number of carboxylic acid groups (broad SMARTS) is 2. The summed E-state index contributed by atoms with van der Waals surface area (Å²) in [5, 5.41) is 25.3. The predicted octanol–water partition coefficient (Wildman–Crippen LogP) is -2.94. The highest BCUT2D eigenvalue weighted by Crippen LogP contribution is 2.05. The van der Waals surface area contributed by atoms with Gasteiger partial charge in [0.05, 0.1) is 12.5 Å². The monoisotopic (exact) mass is 523 g/mol. The van der Waals surface area contributed by atoms with Crippen LogP contribution in [-0.2, 0) is 24.0 Å². The first-order chi connectivity index (χ1) is 15.9. The van der Waals surface area contributed by atoms with Crippen LogP contribution in [0.25, 0.3) is 0 Å². The first-order valence-corrected chi connectivity index (χ1v) is 12.2. The van der Waals surface area contributed by atoms with E-state index in [2.05, 4.69) is 33.6 Å². The van der Waals surface area contributed by atoms with E-state index < -0.39 is 60.2 Å². The van der Waals surface area contributed by atoms with Crippen LogP contribution in [0.5, 0.6) is 0 Å². The Hall–Kier alpha value is -2.72. The summed E-state index contributed by atoms with van der Waals surface area (Å²) in [6.07, 6.45) is 1.67. The molecule has 0 spiro atoms. The molecule has 0 aliphatic heterocycles. The van der Waals surface area contributed by atoms with Crippen molar-refractivity contribution in [3.8, 4) is 0 Å². The largest absolute Gasteiger partial charge is 0.481 e. The third-order valence-electron chi connectivity index (χ3n) is 4.35. The molecule has 16 heteroatoms. The quantitative estimate of drug-likeness (QED) is 0.0403. The Bertz CT molecular complexity index is 750.